The normalized spacial score (nSPS) is 10.6. The highest BCUT2D eigenvalue weighted by Crippen LogP contribution is 2.45. The predicted octanol–water partition coefficient (Wildman–Crippen LogP) is 5.88. The van der Waals surface area contributed by atoms with Crippen LogP contribution in [0.1, 0.15) is 0 Å². The molecule has 1 aromatic carbocycles. The molecule has 0 amide bonds. The minimum Gasteiger partial charge on any atom is -0.258 e. The van der Waals surface area contributed by atoms with Crippen LogP contribution in [0.25, 0.3) is 0 Å². The summed E-state index contributed by atoms with van der Waals surface area (Å²) < 4.78 is 1.29. The molecular weight excluding hydrogens is 381 g/mol. The van der Waals surface area contributed by atoms with Crippen LogP contribution in [0.4, 0.5) is 5.69 Å². The first-order valence-electron chi connectivity index (χ1n) is 4.54. The molecule has 0 radical (unpaired) electrons. The molecule has 0 unspecified atom stereocenters. The fourth-order valence-corrected chi connectivity index (χ4v) is 4.76. The van der Waals surface area contributed by atoms with Crippen molar-refractivity contribution in [3.63, 3.8) is 0 Å². The van der Waals surface area contributed by atoms with Crippen LogP contribution in [-0.2, 0) is 0 Å². The van der Waals surface area contributed by atoms with Gasteiger partial charge in [-0.05, 0) is 34.1 Å². The van der Waals surface area contributed by atoms with E-state index in [1.807, 2.05) is 0 Å². The summed E-state index contributed by atoms with van der Waals surface area (Å²) in [6.07, 6.45) is 0. The number of benzene rings is 1. The first kappa shape index (κ1) is 14.1. The molecule has 0 saturated carbocycles. The molecule has 0 aliphatic heterocycles. The van der Waals surface area contributed by atoms with Crippen molar-refractivity contribution in [1.82, 2.24) is 0 Å². The van der Waals surface area contributed by atoms with Gasteiger partial charge in [0, 0.05) is 16.0 Å². The van der Waals surface area contributed by atoms with Crippen LogP contribution in [0.15, 0.2) is 37.2 Å². The molecule has 1 heterocycles. The number of rotatable bonds is 3. The van der Waals surface area contributed by atoms with Gasteiger partial charge in [0.1, 0.15) is 4.21 Å². The molecule has 0 spiro atoms. The number of nitrogens with zero attached hydrogens (tertiary/aromatic N) is 1. The van der Waals surface area contributed by atoms with Crippen LogP contribution in [-0.4, -0.2) is 4.92 Å². The first-order valence-corrected chi connectivity index (χ1v) is 7.72. The molecule has 0 fully saturated rings. The molecule has 2 rings (SSSR count). The Morgan fingerprint density at radius 1 is 1.33 bits per heavy atom. The Bertz CT molecular complexity index is 618. The Labute approximate surface area is 129 Å². The minimum atomic E-state index is -0.409. The van der Waals surface area contributed by atoms with Crippen molar-refractivity contribution in [3.8, 4) is 0 Å². The van der Waals surface area contributed by atoms with Gasteiger partial charge in [-0.2, -0.15) is 0 Å². The maximum atomic E-state index is 10.9. The Morgan fingerprint density at radius 2 is 2.06 bits per heavy atom. The van der Waals surface area contributed by atoms with Gasteiger partial charge in [0.25, 0.3) is 5.69 Å². The number of halogens is 3. The first-order chi connectivity index (χ1) is 8.47. The molecule has 2 aromatic rings. The van der Waals surface area contributed by atoms with Crippen molar-refractivity contribution in [3.05, 3.63) is 48.2 Å². The average Bonchev–Trinajstić information content (AvgIpc) is 2.64. The van der Waals surface area contributed by atoms with Crippen molar-refractivity contribution in [2.75, 3.05) is 0 Å². The number of thiophene rings is 1. The van der Waals surface area contributed by atoms with E-state index in [9.17, 15) is 10.1 Å². The molecule has 0 aliphatic rings. The summed E-state index contributed by atoms with van der Waals surface area (Å²) >= 11 is 17.6. The Hall–Kier alpha value is -0.270. The lowest BCUT2D eigenvalue weighted by Gasteiger charge is -2.02. The van der Waals surface area contributed by atoms with E-state index in [0.29, 0.717) is 18.0 Å². The van der Waals surface area contributed by atoms with Gasteiger partial charge in [-0.1, -0.05) is 35.0 Å². The minimum absolute atomic E-state index is 0.0721. The second-order valence-electron chi connectivity index (χ2n) is 3.16. The molecule has 0 N–H and O–H groups in total. The molecule has 0 atom stereocenters. The van der Waals surface area contributed by atoms with E-state index >= 15 is 0 Å². The third-order valence-corrected chi connectivity index (χ3v) is 5.50. The highest BCUT2D eigenvalue weighted by molar-refractivity contribution is 9.11. The second kappa shape index (κ2) is 5.79. The molecular formula is C10H4BrCl2NO2S2. The molecule has 3 nitrogen and oxygen atoms in total. The van der Waals surface area contributed by atoms with E-state index in [-0.39, 0.29) is 5.69 Å². The summed E-state index contributed by atoms with van der Waals surface area (Å²) in [6, 6.07) is 6.54. The third kappa shape index (κ3) is 3.19. The lowest BCUT2D eigenvalue weighted by molar-refractivity contribution is -0.387. The molecule has 0 bridgehead atoms. The highest BCUT2D eigenvalue weighted by Gasteiger charge is 2.20. The van der Waals surface area contributed by atoms with E-state index in [1.165, 1.54) is 29.2 Å². The number of hydrogen-bond acceptors (Lipinski definition) is 4. The van der Waals surface area contributed by atoms with Crippen LogP contribution in [0, 0.1) is 10.1 Å². The topological polar surface area (TPSA) is 43.1 Å². The molecule has 0 saturated heterocycles. The van der Waals surface area contributed by atoms with Gasteiger partial charge in [-0.25, -0.2) is 0 Å². The largest absolute Gasteiger partial charge is 0.295 e. The van der Waals surface area contributed by atoms with Gasteiger partial charge >= 0.3 is 0 Å². The lowest BCUT2D eigenvalue weighted by atomic mass is 10.4. The van der Waals surface area contributed by atoms with Crippen molar-refractivity contribution in [1.29, 1.82) is 0 Å². The maximum absolute atomic E-state index is 10.9. The van der Waals surface area contributed by atoms with E-state index in [2.05, 4.69) is 15.9 Å². The smallest absolute Gasteiger partial charge is 0.258 e. The zero-order valence-corrected chi connectivity index (χ0v) is 13.3. The zero-order valence-electron chi connectivity index (χ0n) is 8.52. The van der Waals surface area contributed by atoms with Crippen molar-refractivity contribution in [2.45, 2.75) is 9.10 Å². The van der Waals surface area contributed by atoms with E-state index in [0.717, 1.165) is 4.90 Å². The standard InChI is InChI=1S/C10H4BrCl2NO2S2/c11-9-4-7(14(15)16)10(18-9)17-8-2-1-5(12)3-6(8)13/h1-4H. The fourth-order valence-electron chi connectivity index (χ4n) is 1.19. The summed E-state index contributed by atoms with van der Waals surface area (Å²) in [5, 5.41) is 11.9. The fraction of sp³-hybridized carbons (Fsp3) is 0. The van der Waals surface area contributed by atoms with Crippen LogP contribution in [0.5, 0.6) is 0 Å². The summed E-state index contributed by atoms with van der Waals surface area (Å²) in [7, 11) is 0. The number of hydrogen-bond donors (Lipinski definition) is 0. The molecule has 0 aliphatic carbocycles. The van der Waals surface area contributed by atoms with E-state index in [4.69, 9.17) is 23.2 Å². The Balaban J connectivity index is 2.36. The van der Waals surface area contributed by atoms with Crippen LogP contribution >= 0.6 is 62.2 Å². The quantitative estimate of drug-likeness (QED) is 0.490. The number of nitro groups is 1. The third-order valence-electron chi connectivity index (χ3n) is 1.94. The van der Waals surface area contributed by atoms with Crippen molar-refractivity contribution in [2.24, 2.45) is 0 Å². The van der Waals surface area contributed by atoms with Gasteiger partial charge in [0.2, 0.25) is 0 Å². The highest BCUT2D eigenvalue weighted by atomic mass is 79.9. The van der Waals surface area contributed by atoms with E-state index < -0.39 is 4.92 Å². The summed E-state index contributed by atoms with van der Waals surface area (Å²) in [4.78, 5) is 11.2. The van der Waals surface area contributed by atoms with Crippen LogP contribution in [0.2, 0.25) is 10.0 Å². The molecule has 18 heavy (non-hydrogen) atoms. The second-order valence-corrected chi connectivity index (χ2v) is 7.74. The van der Waals surface area contributed by atoms with Crippen molar-refractivity contribution < 1.29 is 4.92 Å². The van der Waals surface area contributed by atoms with Crippen LogP contribution in [0.3, 0.4) is 0 Å². The van der Waals surface area contributed by atoms with Crippen LogP contribution < -0.4 is 0 Å². The Kier molecular flexibility index (Phi) is 4.55. The summed E-state index contributed by atoms with van der Waals surface area (Å²) in [5.74, 6) is 0. The lowest BCUT2D eigenvalue weighted by Crippen LogP contribution is -1.86. The summed E-state index contributed by atoms with van der Waals surface area (Å²) in [5.41, 5.74) is 0.0721. The monoisotopic (exact) mass is 383 g/mol. The summed E-state index contributed by atoms with van der Waals surface area (Å²) in [6.45, 7) is 0. The van der Waals surface area contributed by atoms with Gasteiger partial charge in [0.05, 0.1) is 13.7 Å². The van der Waals surface area contributed by atoms with E-state index in [1.54, 1.807) is 18.2 Å². The SMILES string of the molecule is O=[N+]([O-])c1cc(Br)sc1Sc1ccc(Cl)cc1Cl. The predicted molar refractivity (Wildman–Crippen MR) is 79.3 cm³/mol. The van der Waals surface area contributed by atoms with Gasteiger partial charge in [-0.3, -0.25) is 10.1 Å². The average molecular weight is 385 g/mol. The van der Waals surface area contributed by atoms with Gasteiger partial charge in [-0.15, -0.1) is 11.3 Å². The maximum Gasteiger partial charge on any atom is 0.295 e. The molecule has 8 heteroatoms. The van der Waals surface area contributed by atoms with Gasteiger partial charge < -0.3 is 0 Å². The Morgan fingerprint density at radius 3 is 2.67 bits per heavy atom. The van der Waals surface area contributed by atoms with Gasteiger partial charge in [0.15, 0.2) is 0 Å². The van der Waals surface area contributed by atoms with Crippen molar-refractivity contribution >= 4 is 67.9 Å². The zero-order chi connectivity index (χ0) is 13.3. The molecule has 1 aromatic heterocycles. The molecule has 94 valence electrons.